The molecule has 26 nitrogen and oxygen atoms in total. The van der Waals surface area contributed by atoms with E-state index in [1.807, 2.05) is 0 Å². The van der Waals surface area contributed by atoms with Gasteiger partial charge in [0.25, 0.3) is 5.56 Å². The van der Waals surface area contributed by atoms with Crippen LogP contribution in [0, 0.1) is 18.6 Å². The summed E-state index contributed by atoms with van der Waals surface area (Å²) in [6.45, 7) is -0.125. The Labute approximate surface area is 511 Å². The van der Waals surface area contributed by atoms with Crippen molar-refractivity contribution in [2.24, 2.45) is 11.5 Å². The largest absolute Gasteiger partial charge is 0.508 e. The minimum atomic E-state index is -1.66. The van der Waals surface area contributed by atoms with Gasteiger partial charge in [-0.05, 0) is 79.1 Å². The fourth-order valence-corrected chi connectivity index (χ4v) is 10.6. The predicted octanol–water partition coefficient (Wildman–Crippen LogP) is 0.972. The summed E-state index contributed by atoms with van der Waals surface area (Å²) < 4.78 is 31.9. The van der Waals surface area contributed by atoms with Gasteiger partial charge >= 0.3 is 23.6 Å². The molecule has 1 aliphatic rings. The van der Waals surface area contributed by atoms with E-state index in [4.69, 9.17) is 11.5 Å². The number of nitrogens with zero attached hydrogens (tertiary/aromatic N) is 3. The number of aromatic hydroxyl groups is 1. The third-order valence-electron chi connectivity index (χ3n) is 14.5. The molecule has 1 aliphatic heterocycles. The molecule has 6 atom stereocenters. The number of nitrogens with two attached hydrogens (primary N) is 2. The first kappa shape index (κ1) is 68.5. The van der Waals surface area contributed by atoms with Crippen molar-refractivity contribution in [3.8, 4) is 16.9 Å². The number of carboxylic acid groups (broad SMARTS) is 3. The first-order valence-corrected chi connectivity index (χ1v) is 29.1. The number of phenolic OH excluding ortho intramolecular Hbond substituents is 1. The second kappa shape index (κ2) is 32.4. The average molecular weight is 1260 g/mol. The van der Waals surface area contributed by atoms with E-state index in [-0.39, 0.29) is 79.5 Å². The monoisotopic (exact) mass is 1250 g/mol. The summed E-state index contributed by atoms with van der Waals surface area (Å²) in [5.41, 5.74) is 12.6. The number of amides is 7. The molecule has 0 bridgehead atoms. The number of nitrogens with one attached hydrogen (secondary N) is 5. The van der Waals surface area contributed by atoms with Gasteiger partial charge in [0, 0.05) is 74.8 Å². The number of rotatable bonds is 33. The molecule has 1 saturated heterocycles. The van der Waals surface area contributed by atoms with Gasteiger partial charge in [0.1, 0.15) is 41.6 Å². The third kappa shape index (κ3) is 19.7. The number of halogens is 2. The number of likely N-dealkylation sites (tertiary alicyclic amines) is 1. The standard InChI is InChI=1S/C60H68F2N10O16S/c1-33-53(56(81)72(31-43(64)36-8-3-2-4-9-36)60(88)71(33)30-39-40(61)11-6-12-41(39)62)37-10-5-7-35(27-37)16-22-50(76)67-45(58(84)85)20-24-51(77)68-44(57(82)83)19-23-49(75)66-29-42(63)54(79)69-46(59(86)87)32-89-47-28-52(78)70(55(47)80)26-25-65-48(74)21-15-34-13-17-38(73)18-14-34/h2-14,17-18,27,42-47,73H,15-16,19-26,28-32,63-64H2,1H3,(H,65,74)(H,66,75)(H,67,76)(H,68,77)(H,69,79)(H,82,83)(H,84,85)(H,86,87)/t42?,43-,44?,45?,46?,47?/m0/s1. The predicted molar refractivity (Wildman–Crippen MR) is 317 cm³/mol. The summed E-state index contributed by atoms with van der Waals surface area (Å²) in [5, 5.41) is 49.7. The number of aliphatic carboxylic acids is 3. The number of carbonyl (C=O) groups excluding carboxylic acids is 7. The molecule has 0 aliphatic carbocycles. The van der Waals surface area contributed by atoms with Crippen molar-refractivity contribution in [3.63, 3.8) is 0 Å². The number of thioether (sulfide) groups is 1. The molecule has 89 heavy (non-hydrogen) atoms. The van der Waals surface area contributed by atoms with Crippen LogP contribution >= 0.6 is 11.8 Å². The topological polar surface area (TPSA) is 411 Å². The van der Waals surface area contributed by atoms with E-state index >= 15 is 0 Å². The minimum absolute atomic E-state index is 0.00397. The number of phenols is 1. The highest BCUT2D eigenvalue weighted by Crippen LogP contribution is 2.27. The number of hydrogen-bond acceptors (Lipinski definition) is 16. The fourth-order valence-electron chi connectivity index (χ4n) is 9.47. The summed E-state index contributed by atoms with van der Waals surface area (Å²) in [5.74, 6) is -11.7. The number of aromatic nitrogens is 2. The molecule has 5 aromatic rings. The van der Waals surface area contributed by atoms with Gasteiger partial charge < -0.3 is 58.5 Å². The van der Waals surface area contributed by atoms with E-state index in [9.17, 15) is 86.7 Å². The molecule has 7 amide bonds. The molecule has 474 valence electrons. The molecule has 29 heteroatoms. The van der Waals surface area contributed by atoms with Crippen molar-refractivity contribution in [2.75, 3.05) is 25.4 Å². The van der Waals surface area contributed by atoms with Crippen LogP contribution in [-0.2, 0) is 73.9 Å². The maximum Gasteiger partial charge on any atom is 0.331 e. The molecule has 0 saturated carbocycles. The average Bonchev–Trinajstić information content (AvgIpc) is 1.49. The van der Waals surface area contributed by atoms with Gasteiger partial charge in [-0.1, -0.05) is 72.8 Å². The Bertz CT molecular complexity index is 3550. The van der Waals surface area contributed by atoms with Gasteiger partial charge in [-0.2, -0.15) is 0 Å². The second-order valence-electron chi connectivity index (χ2n) is 20.9. The van der Waals surface area contributed by atoms with Crippen LogP contribution in [0.4, 0.5) is 8.78 Å². The van der Waals surface area contributed by atoms with Crippen LogP contribution in [0.2, 0.25) is 0 Å². The molecule has 2 heterocycles. The van der Waals surface area contributed by atoms with Crippen LogP contribution in [0.5, 0.6) is 5.75 Å². The highest BCUT2D eigenvalue weighted by atomic mass is 32.2. The Morgan fingerprint density at radius 3 is 1.87 bits per heavy atom. The number of aryl methyl sites for hydroxylation is 2. The van der Waals surface area contributed by atoms with E-state index in [2.05, 4.69) is 26.6 Å². The zero-order valence-electron chi connectivity index (χ0n) is 48.2. The lowest BCUT2D eigenvalue weighted by Crippen LogP contribution is -2.53. The molecule has 0 spiro atoms. The van der Waals surface area contributed by atoms with Crippen molar-refractivity contribution >= 4 is 71.0 Å². The number of carbonyl (C=O) groups is 10. The Balaban J connectivity index is 0.940. The lowest BCUT2D eigenvalue weighted by molar-refractivity contribution is -0.143. The highest BCUT2D eigenvalue weighted by molar-refractivity contribution is 8.00. The minimum Gasteiger partial charge on any atom is -0.508 e. The SMILES string of the molecule is Cc1c(-c2cccc(CCC(=O)NC(CCC(=O)NC(CCC(=O)NCC(N)C(=O)NC(CSC3CC(=O)N(CCNC(=O)CCc4ccc(O)cc4)C3=O)C(=O)O)C(=O)O)C(=O)O)c2)c(=O)n(C[C@H](N)c2ccccc2)c(=O)n1Cc1c(F)cccc1F. The van der Waals surface area contributed by atoms with E-state index in [1.54, 1.807) is 66.7 Å². The van der Waals surface area contributed by atoms with E-state index in [1.165, 1.54) is 25.1 Å². The molecule has 13 N–H and O–H groups in total. The van der Waals surface area contributed by atoms with Gasteiger partial charge in [0.05, 0.1) is 23.9 Å². The van der Waals surface area contributed by atoms with Crippen molar-refractivity contribution in [2.45, 2.75) is 113 Å². The van der Waals surface area contributed by atoms with Crippen LogP contribution in [0.1, 0.15) is 78.9 Å². The lowest BCUT2D eigenvalue weighted by Gasteiger charge is -2.20. The Kier molecular flexibility index (Phi) is 24.9. The molecule has 0 radical (unpaired) electrons. The van der Waals surface area contributed by atoms with Crippen molar-refractivity contribution in [1.82, 2.24) is 40.6 Å². The van der Waals surface area contributed by atoms with Gasteiger partial charge in [-0.25, -0.2) is 28.0 Å². The number of hydrogen-bond donors (Lipinski definition) is 11. The van der Waals surface area contributed by atoms with Gasteiger partial charge in [0.15, 0.2) is 0 Å². The van der Waals surface area contributed by atoms with Crippen molar-refractivity contribution in [1.29, 1.82) is 0 Å². The Morgan fingerprint density at radius 2 is 1.24 bits per heavy atom. The summed E-state index contributed by atoms with van der Waals surface area (Å²) >= 11 is 0.808. The highest BCUT2D eigenvalue weighted by Gasteiger charge is 2.40. The van der Waals surface area contributed by atoms with Crippen LogP contribution in [0.15, 0.2) is 107 Å². The molecule has 1 fully saturated rings. The Hall–Kier alpha value is -9.61. The van der Waals surface area contributed by atoms with Crippen LogP contribution in [0.3, 0.4) is 0 Å². The summed E-state index contributed by atoms with van der Waals surface area (Å²) in [6.07, 6.45) is -2.16. The molecule has 1 aromatic heterocycles. The van der Waals surface area contributed by atoms with Gasteiger partial charge in [0.2, 0.25) is 41.4 Å². The number of carboxylic acids is 3. The normalized spacial score (nSPS) is 14.6. The first-order chi connectivity index (χ1) is 42.3. The molecule has 4 aromatic carbocycles. The molecule has 5 unspecified atom stereocenters. The van der Waals surface area contributed by atoms with Gasteiger partial charge in [-0.3, -0.25) is 52.4 Å². The van der Waals surface area contributed by atoms with Crippen molar-refractivity contribution in [3.05, 3.63) is 157 Å². The Morgan fingerprint density at radius 1 is 0.663 bits per heavy atom. The molecule has 6 rings (SSSR count). The fraction of sp³-hybridized carbons (Fsp3) is 0.367. The van der Waals surface area contributed by atoms with E-state index < -0.39 is 156 Å². The van der Waals surface area contributed by atoms with Crippen LogP contribution < -0.4 is 49.3 Å². The number of benzene rings is 4. The zero-order valence-corrected chi connectivity index (χ0v) is 49.0. The van der Waals surface area contributed by atoms with Gasteiger partial charge in [-0.15, -0.1) is 11.8 Å². The lowest BCUT2D eigenvalue weighted by atomic mass is 10.00. The smallest absolute Gasteiger partial charge is 0.331 e. The first-order valence-electron chi connectivity index (χ1n) is 28.1. The van der Waals surface area contributed by atoms with E-state index in [0.717, 1.165) is 43.5 Å². The molecular weight excluding hydrogens is 1190 g/mol. The van der Waals surface area contributed by atoms with Crippen LogP contribution in [-0.4, -0.2) is 149 Å². The van der Waals surface area contributed by atoms with Crippen molar-refractivity contribution < 1.29 is 77.2 Å². The maximum atomic E-state index is 15.0. The van der Waals surface area contributed by atoms with Crippen LogP contribution in [0.25, 0.3) is 11.1 Å². The summed E-state index contributed by atoms with van der Waals surface area (Å²) in [7, 11) is 0. The summed E-state index contributed by atoms with van der Waals surface area (Å²) in [6, 6.07) is 17.3. The zero-order chi connectivity index (χ0) is 65.1. The molecular formula is C60H68F2N10O16S. The second-order valence-corrected chi connectivity index (χ2v) is 22.1. The van der Waals surface area contributed by atoms with E-state index in [0.29, 0.717) is 17.5 Å². The quantitative estimate of drug-likeness (QED) is 0.0261. The number of imide groups is 1. The summed E-state index contributed by atoms with van der Waals surface area (Å²) in [4.78, 5) is 155. The maximum absolute atomic E-state index is 15.0. The third-order valence-corrected chi connectivity index (χ3v) is 15.8.